The standard InChI is InChI=1S/C10H10FNO4/c11-9-6-8(12(15)16)5-4-7(9)2-1-3-10(13)14/h4-6H,1-3H2,(H,13,14). The summed E-state index contributed by atoms with van der Waals surface area (Å²) >= 11 is 0. The molecular weight excluding hydrogens is 217 g/mol. The average molecular weight is 227 g/mol. The van der Waals surface area contributed by atoms with E-state index in [1.807, 2.05) is 0 Å². The second-order valence-electron chi connectivity index (χ2n) is 3.28. The molecule has 0 fully saturated rings. The van der Waals surface area contributed by atoms with Gasteiger partial charge in [-0.15, -0.1) is 0 Å². The highest BCUT2D eigenvalue weighted by Gasteiger charge is 2.10. The maximum Gasteiger partial charge on any atom is 0.303 e. The summed E-state index contributed by atoms with van der Waals surface area (Å²) in [6.45, 7) is 0. The molecule has 0 bridgehead atoms. The monoisotopic (exact) mass is 227 g/mol. The van der Waals surface area contributed by atoms with Gasteiger partial charge in [0.15, 0.2) is 0 Å². The van der Waals surface area contributed by atoms with Gasteiger partial charge in [-0.1, -0.05) is 0 Å². The van der Waals surface area contributed by atoms with Crippen LogP contribution in [0.5, 0.6) is 0 Å². The Labute approximate surface area is 90.7 Å². The number of aryl methyl sites for hydroxylation is 1. The highest BCUT2D eigenvalue weighted by Crippen LogP contribution is 2.18. The van der Waals surface area contributed by atoms with Crippen molar-refractivity contribution in [1.82, 2.24) is 0 Å². The van der Waals surface area contributed by atoms with E-state index >= 15 is 0 Å². The molecule has 1 rings (SSSR count). The van der Waals surface area contributed by atoms with Gasteiger partial charge in [-0.05, 0) is 24.5 Å². The lowest BCUT2D eigenvalue weighted by atomic mass is 10.1. The quantitative estimate of drug-likeness (QED) is 0.617. The largest absolute Gasteiger partial charge is 0.481 e. The molecular formula is C10H10FNO4. The van der Waals surface area contributed by atoms with Crippen molar-refractivity contribution in [3.8, 4) is 0 Å². The molecule has 0 heterocycles. The van der Waals surface area contributed by atoms with Gasteiger partial charge in [0.2, 0.25) is 0 Å². The van der Waals surface area contributed by atoms with Crippen LogP contribution in [0.15, 0.2) is 18.2 Å². The number of carboxylic acid groups (broad SMARTS) is 1. The first kappa shape index (κ1) is 12.1. The number of rotatable bonds is 5. The summed E-state index contributed by atoms with van der Waals surface area (Å²) in [7, 11) is 0. The van der Waals surface area contributed by atoms with Crippen molar-refractivity contribution in [2.24, 2.45) is 0 Å². The predicted molar refractivity (Wildman–Crippen MR) is 53.6 cm³/mol. The number of halogens is 1. The van der Waals surface area contributed by atoms with E-state index in [1.54, 1.807) is 0 Å². The third kappa shape index (κ3) is 3.30. The number of hydrogen-bond acceptors (Lipinski definition) is 3. The van der Waals surface area contributed by atoms with Crippen LogP contribution in [0.25, 0.3) is 0 Å². The third-order valence-electron chi connectivity index (χ3n) is 2.08. The second kappa shape index (κ2) is 5.20. The first-order valence-electron chi connectivity index (χ1n) is 4.65. The molecule has 1 aromatic rings. The Morgan fingerprint density at radius 3 is 2.69 bits per heavy atom. The molecule has 86 valence electrons. The third-order valence-corrected chi connectivity index (χ3v) is 2.08. The Balaban J connectivity index is 2.68. The summed E-state index contributed by atoms with van der Waals surface area (Å²) < 4.78 is 13.3. The molecule has 0 radical (unpaired) electrons. The molecule has 0 unspecified atom stereocenters. The zero-order chi connectivity index (χ0) is 12.1. The van der Waals surface area contributed by atoms with Crippen LogP contribution in [-0.4, -0.2) is 16.0 Å². The van der Waals surface area contributed by atoms with Gasteiger partial charge in [-0.3, -0.25) is 14.9 Å². The lowest BCUT2D eigenvalue weighted by Gasteiger charge is -2.01. The fourth-order valence-electron chi connectivity index (χ4n) is 1.28. The molecule has 0 aliphatic carbocycles. The summed E-state index contributed by atoms with van der Waals surface area (Å²) in [5.74, 6) is -1.61. The molecule has 0 saturated heterocycles. The Kier molecular flexibility index (Phi) is 3.93. The van der Waals surface area contributed by atoms with E-state index in [4.69, 9.17) is 5.11 Å². The van der Waals surface area contributed by atoms with E-state index in [0.29, 0.717) is 12.0 Å². The summed E-state index contributed by atoms with van der Waals surface area (Å²) in [4.78, 5) is 19.9. The topological polar surface area (TPSA) is 80.4 Å². The molecule has 5 nitrogen and oxygen atoms in total. The summed E-state index contributed by atoms with van der Waals surface area (Å²) in [5.41, 5.74) is -0.00802. The first-order chi connectivity index (χ1) is 7.50. The van der Waals surface area contributed by atoms with E-state index in [1.165, 1.54) is 12.1 Å². The zero-order valence-corrected chi connectivity index (χ0v) is 8.35. The van der Waals surface area contributed by atoms with Crippen molar-refractivity contribution in [3.63, 3.8) is 0 Å². The van der Waals surface area contributed by atoms with Gasteiger partial charge in [-0.25, -0.2) is 4.39 Å². The van der Waals surface area contributed by atoms with E-state index in [-0.39, 0.29) is 18.5 Å². The van der Waals surface area contributed by atoms with Crippen LogP contribution >= 0.6 is 0 Å². The highest BCUT2D eigenvalue weighted by molar-refractivity contribution is 5.66. The molecule has 0 aliphatic heterocycles. The van der Waals surface area contributed by atoms with Gasteiger partial charge in [-0.2, -0.15) is 0 Å². The molecule has 0 saturated carbocycles. The van der Waals surface area contributed by atoms with Gasteiger partial charge in [0.25, 0.3) is 5.69 Å². The molecule has 16 heavy (non-hydrogen) atoms. The zero-order valence-electron chi connectivity index (χ0n) is 8.35. The van der Waals surface area contributed by atoms with Gasteiger partial charge < -0.3 is 5.11 Å². The predicted octanol–water partition coefficient (Wildman–Crippen LogP) is 2.14. The van der Waals surface area contributed by atoms with Crippen molar-refractivity contribution >= 4 is 11.7 Å². The molecule has 0 aromatic heterocycles. The van der Waals surface area contributed by atoms with E-state index in [9.17, 15) is 19.3 Å². The minimum absolute atomic E-state index is 0.0452. The van der Waals surface area contributed by atoms with Crippen LogP contribution in [0.2, 0.25) is 0 Å². The summed E-state index contributed by atoms with van der Waals surface area (Å²) in [6, 6.07) is 3.37. The fraction of sp³-hybridized carbons (Fsp3) is 0.300. The van der Waals surface area contributed by atoms with E-state index in [0.717, 1.165) is 6.07 Å². The number of carboxylic acids is 1. The number of hydrogen-bond donors (Lipinski definition) is 1. The number of nitro groups is 1. The van der Waals surface area contributed by atoms with E-state index < -0.39 is 16.7 Å². The van der Waals surface area contributed by atoms with Crippen molar-refractivity contribution in [1.29, 1.82) is 0 Å². The van der Waals surface area contributed by atoms with Crippen molar-refractivity contribution in [3.05, 3.63) is 39.7 Å². The Morgan fingerprint density at radius 2 is 2.19 bits per heavy atom. The smallest absolute Gasteiger partial charge is 0.303 e. The normalized spacial score (nSPS) is 10.1. The lowest BCUT2D eigenvalue weighted by molar-refractivity contribution is -0.385. The van der Waals surface area contributed by atoms with E-state index in [2.05, 4.69) is 0 Å². The molecule has 0 spiro atoms. The SMILES string of the molecule is O=C(O)CCCc1ccc([N+](=O)[O-])cc1F. The maximum absolute atomic E-state index is 13.3. The number of aliphatic carboxylic acids is 1. The minimum atomic E-state index is -0.942. The van der Waals surface area contributed by atoms with Gasteiger partial charge >= 0.3 is 5.97 Å². The average Bonchev–Trinajstić information content (AvgIpc) is 2.19. The maximum atomic E-state index is 13.3. The lowest BCUT2D eigenvalue weighted by Crippen LogP contribution is -1.98. The number of carbonyl (C=O) groups is 1. The van der Waals surface area contributed by atoms with Crippen molar-refractivity contribution in [2.45, 2.75) is 19.3 Å². The Morgan fingerprint density at radius 1 is 1.50 bits per heavy atom. The number of non-ortho nitro benzene ring substituents is 1. The van der Waals surface area contributed by atoms with Crippen LogP contribution in [-0.2, 0) is 11.2 Å². The van der Waals surface area contributed by atoms with Gasteiger partial charge in [0, 0.05) is 12.5 Å². The molecule has 6 heteroatoms. The Bertz CT molecular complexity index is 419. The molecule has 1 aromatic carbocycles. The highest BCUT2D eigenvalue weighted by atomic mass is 19.1. The number of nitrogens with zero attached hydrogens (tertiary/aromatic N) is 1. The fourth-order valence-corrected chi connectivity index (χ4v) is 1.28. The molecule has 1 N–H and O–H groups in total. The Hall–Kier alpha value is -1.98. The van der Waals surface area contributed by atoms with Crippen molar-refractivity contribution < 1.29 is 19.2 Å². The summed E-state index contributed by atoms with van der Waals surface area (Å²) in [5, 5.41) is 18.7. The van der Waals surface area contributed by atoms with Gasteiger partial charge in [0.05, 0.1) is 11.0 Å². The molecule has 0 atom stereocenters. The first-order valence-corrected chi connectivity index (χ1v) is 4.65. The molecule has 0 amide bonds. The second-order valence-corrected chi connectivity index (χ2v) is 3.28. The van der Waals surface area contributed by atoms with Crippen LogP contribution in [0.4, 0.5) is 10.1 Å². The summed E-state index contributed by atoms with van der Waals surface area (Å²) in [6.07, 6.45) is 0.524. The number of benzene rings is 1. The van der Waals surface area contributed by atoms with Crippen LogP contribution in [0.1, 0.15) is 18.4 Å². The van der Waals surface area contributed by atoms with Crippen LogP contribution in [0.3, 0.4) is 0 Å². The van der Waals surface area contributed by atoms with Crippen LogP contribution in [0, 0.1) is 15.9 Å². The van der Waals surface area contributed by atoms with Gasteiger partial charge in [0.1, 0.15) is 5.82 Å². The molecule has 0 aliphatic rings. The minimum Gasteiger partial charge on any atom is -0.481 e. The van der Waals surface area contributed by atoms with Crippen LogP contribution < -0.4 is 0 Å². The van der Waals surface area contributed by atoms with Crippen molar-refractivity contribution in [2.75, 3.05) is 0 Å². The number of nitro benzene ring substituents is 1.